The maximum absolute atomic E-state index is 12.5. The van der Waals surface area contributed by atoms with Crippen LogP contribution in [-0.2, 0) is 4.74 Å². The number of nitrogens with one attached hydrogen (secondary N) is 2. The summed E-state index contributed by atoms with van der Waals surface area (Å²) in [6.45, 7) is 3.10. The molecule has 2 N–H and O–H groups in total. The number of nitro groups is 1. The van der Waals surface area contributed by atoms with Gasteiger partial charge in [-0.1, -0.05) is 11.3 Å². The van der Waals surface area contributed by atoms with E-state index in [-0.39, 0.29) is 22.1 Å². The molecule has 1 saturated heterocycles. The molecule has 1 fully saturated rings. The molecule has 166 valence electrons. The minimum Gasteiger partial charge on any atom is -0.490 e. The number of thiazole rings is 1. The van der Waals surface area contributed by atoms with Crippen LogP contribution in [0.25, 0.3) is 10.2 Å². The topological polar surface area (TPSA) is 119 Å². The molecule has 3 aromatic rings. The van der Waals surface area contributed by atoms with Crippen molar-refractivity contribution in [1.82, 2.24) is 10.3 Å². The third-order valence-electron chi connectivity index (χ3n) is 4.83. The maximum Gasteiger partial charge on any atom is 0.311 e. The summed E-state index contributed by atoms with van der Waals surface area (Å²) in [6.07, 6.45) is 0. The Bertz CT molecular complexity index is 1190. The number of methoxy groups -OCH3 is 1. The number of ether oxygens (including phenoxy) is 2. The minimum absolute atomic E-state index is 0.0425. The highest BCUT2D eigenvalue weighted by Crippen LogP contribution is 2.30. The number of amides is 1. The molecular weight excluding hydrogens is 454 g/mol. The average molecular weight is 474 g/mol. The number of thiocarbonyl (C=S) groups is 1. The third-order valence-corrected chi connectivity index (χ3v) is 5.97. The van der Waals surface area contributed by atoms with Gasteiger partial charge in [-0.25, -0.2) is 4.98 Å². The Balaban J connectivity index is 1.44. The van der Waals surface area contributed by atoms with Crippen molar-refractivity contribution in [1.29, 1.82) is 0 Å². The van der Waals surface area contributed by atoms with Crippen molar-refractivity contribution in [2.75, 3.05) is 43.6 Å². The van der Waals surface area contributed by atoms with Crippen molar-refractivity contribution in [3.8, 4) is 5.75 Å². The molecule has 2 aromatic carbocycles. The lowest BCUT2D eigenvalue weighted by Crippen LogP contribution is -2.36. The van der Waals surface area contributed by atoms with Crippen LogP contribution in [0.4, 0.5) is 16.5 Å². The number of carbonyl (C=O) groups is 1. The molecule has 0 radical (unpaired) electrons. The highest BCUT2D eigenvalue weighted by Gasteiger charge is 2.19. The van der Waals surface area contributed by atoms with Gasteiger partial charge in [-0.2, -0.15) is 0 Å². The van der Waals surface area contributed by atoms with E-state index in [0.29, 0.717) is 18.3 Å². The largest absolute Gasteiger partial charge is 0.490 e. The lowest BCUT2D eigenvalue weighted by molar-refractivity contribution is -0.385. The van der Waals surface area contributed by atoms with E-state index in [0.717, 1.165) is 35.1 Å². The Hall–Kier alpha value is -3.35. The number of hydrogen-bond acceptors (Lipinski definition) is 9. The molecule has 0 atom stereocenters. The van der Waals surface area contributed by atoms with Gasteiger partial charge in [-0.3, -0.25) is 20.2 Å². The first kappa shape index (κ1) is 21.9. The molecule has 12 heteroatoms. The quantitative estimate of drug-likeness (QED) is 0.327. The predicted molar refractivity (Wildman–Crippen MR) is 126 cm³/mol. The van der Waals surface area contributed by atoms with Crippen LogP contribution in [-0.4, -0.2) is 54.3 Å². The first-order chi connectivity index (χ1) is 15.4. The monoisotopic (exact) mass is 473 g/mol. The first-order valence-corrected chi connectivity index (χ1v) is 10.8. The van der Waals surface area contributed by atoms with Gasteiger partial charge < -0.3 is 19.7 Å². The van der Waals surface area contributed by atoms with Crippen LogP contribution >= 0.6 is 23.6 Å². The maximum atomic E-state index is 12.5. The zero-order valence-corrected chi connectivity index (χ0v) is 18.6. The molecule has 4 rings (SSSR count). The van der Waals surface area contributed by atoms with Gasteiger partial charge in [0.15, 0.2) is 16.0 Å². The second-order valence-electron chi connectivity index (χ2n) is 6.82. The molecule has 0 aliphatic carbocycles. The number of anilines is 2. The predicted octanol–water partition coefficient (Wildman–Crippen LogP) is 3.18. The molecule has 1 amide bonds. The van der Waals surface area contributed by atoms with Gasteiger partial charge in [0.2, 0.25) is 0 Å². The molecule has 0 bridgehead atoms. The lowest BCUT2D eigenvalue weighted by Gasteiger charge is -2.28. The first-order valence-electron chi connectivity index (χ1n) is 9.62. The molecule has 0 saturated carbocycles. The van der Waals surface area contributed by atoms with Gasteiger partial charge in [0.05, 0.1) is 35.5 Å². The van der Waals surface area contributed by atoms with Crippen molar-refractivity contribution in [3.05, 3.63) is 52.1 Å². The fourth-order valence-electron chi connectivity index (χ4n) is 3.26. The Morgan fingerprint density at radius 3 is 2.78 bits per heavy atom. The average Bonchev–Trinajstić information content (AvgIpc) is 3.20. The van der Waals surface area contributed by atoms with Crippen LogP contribution in [0.2, 0.25) is 0 Å². The smallest absolute Gasteiger partial charge is 0.311 e. The highest BCUT2D eigenvalue weighted by atomic mass is 32.1. The van der Waals surface area contributed by atoms with Crippen LogP contribution in [0.15, 0.2) is 36.4 Å². The van der Waals surface area contributed by atoms with Crippen LogP contribution in [0.5, 0.6) is 5.75 Å². The Labute approximate surface area is 192 Å². The number of nitro benzene ring substituents is 1. The molecule has 0 spiro atoms. The summed E-state index contributed by atoms with van der Waals surface area (Å²) < 4.78 is 11.3. The Kier molecular flexibility index (Phi) is 6.44. The van der Waals surface area contributed by atoms with Crippen LogP contribution in [0, 0.1) is 10.1 Å². The van der Waals surface area contributed by atoms with Gasteiger partial charge in [0, 0.05) is 30.4 Å². The summed E-state index contributed by atoms with van der Waals surface area (Å²) in [7, 11) is 1.32. The second kappa shape index (κ2) is 9.42. The molecular formula is C20H19N5O5S2. The van der Waals surface area contributed by atoms with Crippen molar-refractivity contribution in [2.45, 2.75) is 0 Å². The fourth-order valence-corrected chi connectivity index (χ4v) is 4.42. The van der Waals surface area contributed by atoms with E-state index >= 15 is 0 Å². The summed E-state index contributed by atoms with van der Waals surface area (Å²) in [5.74, 6) is -0.512. The van der Waals surface area contributed by atoms with Gasteiger partial charge in [0.1, 0.15) is 0 Å². The fraction of sp³-hybridized carbons (Fsp3) is 0.250. The number of carbonyl (C=O) groups excluding carboxylic acids is 1. The van der Waals surface area contributed by atoms with Gasteiger partial charge in [-0.05, 0) is 42.5 Å². The van der Waals surface area contributed by atoms with E-state index in [9.17, 15) is 14.9 Å². The Morgan fingerprint density at radius 2 is 2.06 bits per heavy atom. The normalized spacial score (nSPS) is 13.6. The zero-order valence-electron chi connectivity index (χ0n) is 17.0. The number of aromatic nitrogens is 1. The number of rotatable bonds is 5. The van der Waals surface area contributed by atoms with E-state index in [4.69, 9.17) is 21.7 Å². The molecule has 0 unspecified atom stereocenters. The van der Waals surface area contributed by atoms with E-state index < -0.39 is 10.8 Å². The van der Waals surface area contributed by atoms with E-state index in [1.165, 1.54) is 30.6 Å². The van der Waals surface area contributed by atoms with Crippen LogP contribution < -0.4 is 20.3 Å². The van der Waals surface area contributed by atoms with Gasteiger partial charge in [0.25, 0.3) is 5.91 Å². The van der Waals surface area contributed by atoms with Crippen molar-refractivity contribution in [2.24, 2.45) is 0 Å². The standard InChI is InChI=1S/C20H19N5O5S2/c1-29-16-5-2-12(10-15(16)25(27)28)18(26)22-19(31)23-20-21-14-4-3-13(11-17(14)32-20)24-6-8-30-9-7-24/h2-5,10-11H,6-9H2,1H3,(H2,21,22,23,26,31). The van der Waals surface area contributed by atoms with E-state index in [1.807, 2.05) is 12.1 Å². The Morgan fingerprint density at radius 1 is 1.28 bits per heavy atom. The van der Waals surface area contributed by atoms with E-state index in [1.54, 1.807) is 0 Å². The highest BCUT2D eigenvalue weighted by molar-refractivity contribution is 7.80. The third kappa shape index (κ3) is 4.77. The number of fused-ring (bicyclic) bond motifs is 1. The summed E-state index contributed by atoms with van der Waals surface area (Å²) in [5.41, 5.74) is 1.70. The van der Waals surface area contributed by atoms with Crippen molar-refractivity contribution >= 4 is 61.3 Å². The summed E-state index contributed by atoms with van der Waals surface area (Å²) in [5, 5.41) is 17.2. The number of nitrogens with zero attached hydrogens (tertiary/aromatic N) is 3. The number of morpholine rings is 1. The van der Waals surface area contributed by atoms with Crippen LogP contribution in [0.3, 0.4) is 0 Å². The molecule has 2 heterocycles. The molecule has 1 aliphatic heterocycles. The van der Waals surface area contributed by atoms with E-state index in [2.05, 4.69) is 26.6 Å². The summed E-state index contributed by atoms with van der Waals surface area (Å²) >= 11 is 6.63. The number of hydrogen-bond donors (Lipinski definition) is 2. The number of benzene rings is 2. The van der Waals surface area contributed by atoms with Gasteiger partial charge in [-0.15, -0.1) is 0 Å². The molecule has 32 heavy (non-hydrogen) atoms. The summed E-state index contributed by atoms with van der Waals surface area (Å²) in [4.78, 5) is 29.8. The molecule has 1 aliphatic rings. The SMILES string of the molecule is COc1ccc(C(=O)NC(=S)Nc2nc3ccc(N4CCOCC4)cc3s2)cc1[N+](=O)[O-]. The van der Waals surface area contributed by atoms with Crippen molar-refractivity contribution < 1.29 is 19.2 Å². The summed E-state index contributed by atoms with van der Waals surface area (Å²) in [6, 6.07) is 9.97. The lowest BCUT2D eigenvalue weighted by atomic mass is 10.2. The second-order valence-corrected chi connectivity index (χ2v) is 8.26. The minimum atomic E-state index is -0.613. The van der Waals surface area contributed by atoms with Crippen molar-refractivity contribution in [3.63, 3.8) is 0 Å². The molecule has 1 aromatic heterocycles. The molecule has 10 nitrogen and oxygen atoms in total. The zero-order chi connectivity index (χ0) is 22.7. The van der Waals surface area contributed by atoms with Crippen LogP contribution in [0.1, 0.15) is 10.4 Å². The van der Waals surface area contributed by atoms with Gasteiger partial charge >= 0.3 is 5.69 Å².